The van der Waals surface area contributed by atoms with Crippen LogP contribution in [-0.4, -0.2) is 5.97 Å². The van der Waals surface area contributed by atoms with Crippen LogP contribution in [0.25, 0.3) is 0 Å². The van der Waals surface area contributed by atoms with Gasteiger partial charge in [0.25, 0.3) is 0 Å². The summed E-state index contributed by atoms with van der Waals surface area (Å²) in [7, 11) is 0. The number of hydrogen-bond acceptors (Lipinski definition) is 3. The summed E-state index contributed by atoms with van der Waals surface area (Å²) in [5, 5.41) is 9.48. The Morgan fingerprint density at radius 1 is 0.971 bits per heavy atom. The number of nitriles is 1. The van der Waals surface area contributed by atoms with Gasteiger partial charge in [-0.1, -0.05) is 64.5 Å². The number of hydrogen-bond donors (Lipinski definition) is 0. The van der Waals surface area contributed by atoms with E-state index in [0.717, 1.165) is 56.9 Å². The summed E-state index contributed by atoms with van der Waals surface area (Å²) in [5.74, 6) is -2.42. The fourth-order valence-corrected chi connectivity index (χ4v) is 5.13. The Hall–Kier alpha value is -2.74. The van der Waals surface area contributed by atoms with E-state index in [1.165, 1.54) is 37.8 Å². The van der Waals surface area contributed by atoms with Crippen LogP contribution in [-0.2, 0) is 6.42 Å². The number of ether oxygens (including phenoxy) is 1. The van der Waals surface area contributed by atoms with Crippen LogP contribution in [0.2, 0.25) is 0 Å². The highest BCUT2D eigenvalue weighted by atomic mass is 19.2. The largest absolute Gasteiger partial charge is 0.421 e. The predicted molar refractivity (Wildman–Crippen MR) is 135 cm³/mol. The minimum atomic E-state index is -1.17. The normalized spacial score (nSPS) is 17.7. The van der Waals surface area contributed by atoms with Crippen LogP contribution in [0.15, 0.2) is 30.3 Å². The molecule has 3 nitrogen and oxygen atoms in total. The molecule has 2 aromatic rings. The first kappa shape index (κ1) is 26.9. The quantitative estimate of drug-likeness (QED) is 0.183. The van der Waals surface area contributed by atoms with Crippen LogP contribution in [0.4, 0.5) is 8.78 Å². The topological polar surface area (TPSA) is 50.1 Å². The van der Waals surface area contributed by atoms with E-state index in [1.807, 2.05) is 6.07 Å². The van der Waals surface area contributed by atoms with Gasteiger partial charge in [0.2, 0.25) is 0 Å². The Labute approximate surface area is 208 Å². The number of halogens is 2. The van der Waals surface area contributed by atoms with Gasteiger partial charge in [-0.05, 0) is 79.7 Å². The number of rotatable bonds is 11. The lowest BCUT2D eigenvalue weighted by Gasteiger charge is -2.29. The summed E-state index contributed by atoms with van der Waals surface area (Å²) in [4.78, 5) is 12.7. The lowest BCUT2D eigenvalue weighted by Crippen LogP contribution is -2.17. The van der Waals surface area contributed by atoms with Crippen molar-refractivity contribution in [3.05, 3.63) is 64.2 Å². The molecule has 0 bridgehead atoms. The van der Waals surface area contributed by atoms with Crippen molar-refractivity contribution < 1.29 is 18.3 Å². The van der Waals surface area contributed by atoms with Gasteiger partial charge >= 0.3 is 5.97 Å². The molecular weight excluding hydrogens is 444 g/mol. The maximum absolute atomic E-state index is 15.0. The summed E-state index contributed by atoms with van der Waals surface area (Å²) in [6.07, 6.45) is 12.7. The third-order valence-electron chi connectivity index (χ3n) is 7.27. The van der Waals surface area contributed by atoms with Crippen LogP contribution >= 0.6 is 0 Å². The zero-order valence-corrected chi connectivity index (χ0v) is 21.0. The van der Waals surface area contributed by atoms with Gasteiger partial charge in [0.15, 0.2) is 11.6 Å². The fourth-order valence-electron chi connectivity index (χ4n) is 5.13. The van der Waals surface area contributed by atoms with Crippen molar-refractivity contribution in [1.82, 2.24) is 0 Å². The predicted octanol–water partition coefficient (Wildman–Crippen LogP) is 8.64. The first-order valence-electron chi connectivity index (χ1n) is 13.2. The summed E-state index contributed by atoms with van der Waals surface area (Å²) < 4.78 is 35.3. The monoisotopic (exact) mass is 481 g/mol. The highest BCUT2D eigenvalue weighted by molar-refractivity contribution is 5.91. The lowest BCUT2D eigenvalue weighted by atomic mass is 9.76. The molecule has 1 fully saturated rings. The van der Waals surface area contributed by atoms with Crippen LogP contribution in [0.3, 0.4) is 0 Å². The molecule has 3 rings (SSSR count). The molecule has 35 heavy (non-hydrogen) atoms. The molecule has 0 aliphatic heterocycles. The average molecular weight is 482 g/mol. The van der Waals surface area contributed by atoms with Gasteiger partial charge in [-0.15, -0.1) is 0 Å². The smallest absolute Gasteiger partial charge is 0.346 e. The van der Waals surface area contributed by atoms with Crippen LogP contribution in [0.5, 0.6) is 5.75 Å². The first-order chi connectivity index (χ1) is 17.0. The van der Waals surface area contributed by atoms with Crippen molar-refractivity contribution in [1.29, 1.82) is 5.26 Å². The van der Waals surface area contributed by atoms with Crippen molar-refractivity contribution in [2.75, 3.05) is 0 Å². The van der Waals surface area contributed by atoms with Crippen molar-refractivity contribution in [2.24, 2.45) is 5.92 Å². The number of carbonyl (C=O) groups excluding carboxylic acids is 1. The van der Waals surface area contributed by atoms with Gasteiger partial charge in [-0.2, -0.15) is 5.26 Å². The van der Waals surface area contributed by atoms with E-state index in [-0.39, 0.29) is 17.2 Å². The molecule has 5 heteroatoms. The first-order valence-corrected chi connectivity index (χ1v) is 13.2. The molecule has 0 aromatic heterocycles. The Kier molecular flexibility index (Phi) is 10.3. The van der Waals surface area contributed by atoms with Gasteiger partial charge in [-0.25, -0.2) is 13.6 Å². The molecule has 1 saturated carbocycles. The zero-order chi connectivity index (χ0) is 25.2. The molecule has 1 aliphatic rings. The molecule has 0 spiro atoms. The minimum Gasteiger partial charge on any atom is -0.421 e. The van der Waals surface area contributed by atoms with Gasteiger partial charge in [0, 0.05) is 0 Å². The van der Waals surface area contributed by atoms with Crippen LogP contribution in [0, 0.1) is 28.9 Å². The molecule has 1 aliphatic carbocycles. The van der Waals surface area contributed by atoms with Crippen molar-refractivity contribution in [2.45, 2.75) is 96.8 Å². The molecule has 0 atom stereocenters. The summed E-state index contributed by atoms with van der Waals surface area (Å²) >= 11 is 0. The Balaban J connectivity index is 1.66. The molecular formula is C30H37F2NO2. The van der Waals surface area contributed by atoms with E-state index in [4.69, 9.17) is 4.74 Å². The maximum Gasteiger partial charge on any atom is 0.346 e. The van der Waals surface area contributed by atoms with Crippen molar-refractivity contribution in [3.63, 3.8) is 0 Å². The molecule has 188 valence electrons. The summed E-state index contributed by atoms with van der Waals surface area (Å²) in [5.41, 5.74) is 1.09. The molecule has 0 radical (unpaired) electrons. The highest BCUT2D eigenvalue weighted by Crippen LogP contribution is 2.39. The average Bonchev–Trinajstić information content (AvgIpc) is 2.87. The Bertz CT molecular complexity index is 1040. The third kappa shape index (κ3) is 7.13. The maximum atomic E-state index is 15.0. The SMILES string of the molecule is CCCCCc1ccc(OC(=O)c2ccc(C3CCC(CCCCC)CC3)c(F)c2F)c(C#N)c1. The number of nitrogens with zero attached hydrogens (tertiary/aromatic N) is 1. The lowest BCUT2D eigenvalue weighted by molar-refractivity contribution is 0.0728. The molecule has 0 unspecified atom stereocenters. The summed E-state index contributed by atoms with van der Waals surface area (Å²) in [6.45, 7) is 4.32. The van der Waals surface area contributed by atoms with Gasteiger partial charge in [0.1, 0.15) is 11.8 Å². The minimum absolute atomic E-state index is 0.0255. The van der Waals surface area contributed by atoms with Crippen molar-refractivity contribution >= 4 is 5.97 Å². The highest BCUT2D eigenvalue weighted by Gasteiger charge is 2.28. The van der Waals surface area contributed by atoms with E-state index in [2.05, 4.69) is 13.8 Å². The number of esters is 1. The van der Waals surface area contributed by atoms with E-state index < -0.39 is 23.2 Å². The molecule has 0 heterocycles. The van der Waals surface area contributed by atoms with E-state index in [1.54, 1.807) is 18.2 Å². The van der Waals surface area contributed by atoms with Gasteiger partial charge in [0.05, 0.1) is 11.1 Å². The Morgan fingerprint density at radius 2 is 1.69 bits per heavy atom. The third-order valence-corrected chi connectivity index (χ3v) is 7.27. The molecule has 0 saturated heterocycles. The van der Waals surface area contributed by atoms with Crippen LogP contribution in [0.1, 0.15) is 117 Å². The van der Waals surface area contributed by atoms with Crippen LogP contribution < -0.4 is 4.74 Å². The second-order valence-corrected chi connectivity index (χ2v) is 9.83. The van der Waals surface area contributed by atoms with Gasteiger partial charge < -0.3 is 4.74 Å². The van der Waals surface area contributed by atoms with Crippen molar-refractivity contribution in [3.8, 4) is 11.8 Å². The van der Waals surface area contributed by atoms with Gasteiger partial charge in [-0.3, -0.25) is 0 Å². The van der Waals surface area contributed by atoms with E-state index in [9.17, 15) is 14.4 Å². The standard InChI is InChI=1S/C30H37F2NO2/c1-3-5-7-9-21-11-14-23(15-12-21)25-16-17-26(29(32)28(25)31)30(34)35-27-18-13-22(10-8-6-4-2)19-24(27)20-33/h13,16-19,21,23H,3-12,14-15H2,1-2H3. The molecule has 0 amide bonds. The number of carbonyl (C=O) groups is 1. The van der Waals surface area contributed by atoms with E-state index >= 15 is 4.39 Å². The molecule has 0 N–H and O–H groups in total. The zero-order valence-electron chi connectivity index (χ0n) is 21.0. The number of benzene rings is 2. The summed E-state index contributed by atoms with van der Waals surface area (Å²) in [6, 6.07) is 9.93. The second kappa shape index (κ2) is 13.4. The fraction of sp³-hybridized carbons (Fsp3) is 0.533. The Morgan fingerprint density at radius 3 is 2.37 bits per heavy atom. The number of aryl methyl sites for hydroxylation is 1. The second-order valence-electron chi connectivity index (χ2n) is 9.83. The molecule has 2 aromatic carbocycles. The number of unbranched alkanes of at least 4 members (excludes halogenated alkanes) is 4. The van der Waals surface area contributed by atoms with E-state index in [0.29, 0.717) is 11.5 Å².